The molecule has 0 aliphatic carbocycles. The van der Waals surface area contributed by atoms with Crippen LogP contribution in [0.5, 0.6) is 0 Å². The van der Waals surface area contributed by atoms with E-state index in [-0.39, 0.29) is 125 Å². The van der Waals surface area contributed by atoms with E-state index in [0.29, 0.717) is 0 Å². The standard InChI is InChI=1S/C2H3N.2Na.H3O4P.12H2O.2H/c1-2-3;;;1-5(2,3)4;;;;;;;;;;;;;;/h1H3;;;(H3,1,2,3,4);12*1H2;;. The van der Waals surface area contributed by atoms with Gasteiger partial charge in [0.2, 0.25) is 0 Å². The Morgan fingerprint density at radius 2 is 0.636 bits per heavy atom. The Bertz CT molecular complexity index is 128. The monoisotopic (exact) mass is 403 g/mol. The zero-order chi connectivity index (χ0) is 7.21. The molecule has 0 aromatic rings. The van der Waals surface area contributed by atoms with Gasteiger partial charge in [-0.1, -0.05) is 0 Å². The summed E-state index contributed by atoms with van der Waals surface area (Å²) in [4.78, 5) is 21.6. The van der Waals surface area contributed by atoms with Crippen LogP contribution < -0.4 is 0 Å². The molecular weight excluding hydrogens is 371 g/mol. The molecule has 0 radical (unpaired) electrons. The molecule has 0 rings (SSSR count). The Kier molecular flexibility index (Phi) is 1520. The van der Waals surface area contributed by atoms with Gasteiger partial charge in [0, 0.05) is 6.92 Å². The van der Waals surface area contributed by atoms with E-state index in [2.05, 4.69) is 0 Å². The molecule has 0 atom stereocenters. The van der Waals surface area contributed by atoms with Crippen molar-refractivity contribution in [1.29, 1.82) is 5.26 Å². The van der Waals surface area contributed by atoms with Gasteiger partial charge >= 0.3 is 66.9 Å². The van der Waals surface area contributed by atoms with E-state index in [1.54, 1.807) is 6.07 Å². The SMILES string of the molecule is CC#N.O.O.O.O.O.O.O.O.O.O.O.O.O=P(O)(O)O.[NaH].[NaH]. The molecule has 148 valence electrons. The normalized spacial score (nSPS) is 3.05. The first-order chi connectivity index (χ1) is 3.41. The molecule has 0 spiro atoms. The van der Waals surface area contributed by atoms with Crippen LogP contribution in [0.2, 0.25) is 0 Å². The van der Waals surface area contributed by atoms with E-state index in [4.69, 9.17) is 24.5 Å². The van der Waals surface area contributed by atoms with Gasteiger partial charge in [-0.05, 0) is 0 Å². The second-order valence-corrected chi connectivity index (χ2v) is 1.76. The number of hydrogen-bond acceptors (Lipinski definition) is 2. The molecule has 22 heavy (non-hydrogen) atoms. The van der Waals surface area contributed by atoms with Crippen LogP contribution in [0.15, 0.2) is 0 Å². The third-order valence-corrected chi connectivity index (χ3v) is 0. The van der Waals surface area contributed by atoms with E-state index in [1.807, 2.05) is 0 Å². The molecule has 0 aliphatic rings. The van der Waals surface area contributed by atoms with E-state index in [0.717, 1.165) is 0 Å². The molecule has 0 amide bonds. The van der Waals surface area contributed by atoms with Gasteiger partial charge in [-0.2, -0.15) is 5.26 Å². The average Bonchev–Trinajstić information content (AvgIpc) is 1.27. The van der Waals surface area contributed by atoms with Gasteiger partial charge in [0.25, 0.3) is 0 Å². The predicted molar refractivity (Wildman–Crippen MR) is 83.2 cm³/mol. The summed E-state index contributed by atoms with van der Waals surface area (Å²) in [6.07, 6.45) is 0. The number of rotatable bonds is 0. The van der Waals surface area contributed by atoms with Crippen LogP contribution in [0.4, 0.5) is 0 Å². The Morgan fingerprint density at radius 1 is 0.636 bits per heavy atom. The summed E-state index contributed by atoms with van der Waals surface area (Å²) in [5.74, 6) is 0. The van der Waals surface area contributed by atoms with Crippen molar-refractivity contribution in [3.05, 3.63) is 0 Å². The zero-order valence-corrected chi connectivity index (χ0v) is 11.0. The van der Waals surface area contributed by atoms with Gasteiger partial charge in [-0.15, -0.1) is 0 Å². The Hall–Kier alpha value is 1.12. The van der Waals surface area contributed by atoms with E-state index < -0.39 is 7.82 Å². The molecule has 0 saturated carbocycles. The van der Waals surface area contributed by atoms with Gasteiger partial charge < -0.3 is 80.4 Å². The topological polar surface area (TPSA) is 480 Å². The van der Waals surface area contributed by atoms with Gasteiger partial charge in [0.05, 0.1) is 6.07 Å². The number of hydrogen-bond donors (Lipinski definition) is 3. The maximum atomic E-state index is 8.88. The first kappa shape index (κ1) is 223. The van der Waals surface area contributed by atoms with Crippen LogP contribution in [-0.2, 0) is 4.57 Å². The van der Waals surface area contributed by atoms with Crippen LogP contribution in [0, 0.1) is 11.3 Å². The first-order valence-corrected chi connectivity index (χ1v) is 3.07. The third-order valence-electron chi connectivity index (χ3n) is 0. The molecule has 0 aromatic carbocycles. The average molecular weight is 403 g/mol. The molecule has 27 N–H and O–H groups in total. The summed E-state index contributed by atoms with van der Waals surface area (Å²) in [5, 5.41) is 7.32. The van der Waals surface area contributed by atoms with Crippen molar-refractivity contribution in [1.82, 2.24) is 0 Å². The fourth-order valence-corrected chi connectivity index (χ4v) is 0. The second-order valence-electron chi connectivity index (χ2n) is 0.737. The van der Waals surface area contributed by atoms with Crippen molar-refractivity contribution >= 4 is 66.9 Å². The molecule has 0 fully saturated rings. The van der Waals surface area contributed by atoms with Gasteiger partial charge in [-0.25, -0.2) is 4.57 Å². The fourth-order valence-electron chi connectivity index (χ4n) is 0. The van der Waals surface area contributed by atoms with Crippen LogP contribution in [0.25, 0.3) is 0 Å². The predicted octanol–water partition coefficient (Wildman–Crippen LogP) is -11.6. The van der Waals surface area contributed by atoms with Crippen LogP contribution in [0.1, 0.15) is 6.92 Å². The molecule has 20 heteroatoms. The number of nitriles is 1. The fraction of sp³-hybridized carbons (Fsp3) is 0.500. The van der Waals surface area contributed by atoms with Crippen molar-refractivity contribution in [2.75, 3.05) is 0 Å². The van der Waals surface area contributed by atoms with Crippen molar-refractivity contribution in [2.45, 2.75) is 6.92 Å². The summed E-state index contributed by atoms with van der Waals surface area (Å²) in [7, 11) is -4.64. The molecule has 0 heterocycles. The Balaban J connectivity index is -0.00000000146. The molecular formula is C2H32NNa2O16P. The van der Waals surface area contributed by atoms with Gasteiger partial charge in [0.15, 0.2) is 0 Å². The number of nitrogens with zero attached hydrogens (tertiary/aromatic N) is 1. The molecule has 17 nitrogen and oxygen atoms in total. The zero-order valence-electron chi connectivity index (χ0n) is 10.1. The quantitative estimate of drug-likeness (QED) is 0.261. The van der Waals surface area contributed by atoms with Gasteiger partial charge in [0.1, 0.15) is 0 Å². The van der Waals surface area contributed by atoms with Crippen LogP contribution in [0.3, 0.4) is 0 Å². The van der Waals surface area contributed by atoms with Crippen molar-refractivity contribution in [3.8, 4) is 6.07 Å². The summed E-state index contributed by atoms with van der Waals surface area (Å²) in [6.45, 7) is 1.43. The second kappa shape index (κ2) is 150. The summed E-state index contributed by atoms with van der Waals surface area (Å²) >= 11 is 0. The Morgan fingerprint density at radius 3 is 0.636 bits per heavy atom. The molecule has 0 aliphatic heterocycles. The third kappa shape index (κ3) is 6820. The maximum absolute atomic E-state index is 8.88. The van der Waals surface area contributed by atoms with Crippen molar-refractivity contribution in [3.63, 3.8) is 0 Å². The minimum atomic E-state index is -4.64. The summed E-state index contributed by atoms with van der Waals surface area (Å²) in [5.41, 5.74) is 0. The van der Waals surface area contributed by atoms with E-state index in [1.165, 1.54) is 6.92 Å². The Labute approximate surface area is 169 Å². The summed E-state index contributed by atoms with van der Waals surface area (Å²) in [6, 6.07) is 1.75. The molecule has 0 unspecified atom stereocenters. The summed E-state index contributed by atoms with van der Waals surface area (Å²) < 4.78 is 8.88. The van der Waals surface area contributed by atoms with Crippen LogP contribution in [-0.4, -0.2) is 140 Å². The van der Waals surface area contributed by atoms with E-state index in [9.17, 15) is 0 Å². The first-order valence-electron chi connectivity index (χ1n) is 1.51. The molecule has 0 aromatic heterocycles. The van der Waals surface area contributed by atoms with E-state index >= 15 is 0 Å². The molecule has 0 bridgehead atoms. The van der Waals surface area contributed by atoms with Gasteiger partial charge in [-0.3, -0.25) is 0 Å². The number of phosphoric acid groups is 1. The van der Waals surface area contributed by atoms with Crippen molar-refractivity contribution in [2.24, 2.45) is 0 Å². The minimum absolute atomic E-state index is 0. The van der Waals surface area contributed by atoms with Crippen molar-refractivity contribution < 1.29 is 85.0 Å². The van der Waals surface area contributed by atoms with Crippen LogP contribution >= 0.6 is 7.82 Å². The molecule has 0 saturated heterocycles.